The summed E-state index contributed by atoms with van der Waals surface area (Å²) in [7, 11) is -6.68. The topological polar surface area (TPSA) is 68.3 Å². The highest BCUT2D eigenvalue weighted by Gasteiger charge is 2.16. The Balaban J connectivity index is 0.000000213. The minimum Gasteiger partial charge on any atom is -0.219 e. The van der Waals surface area contributed by atoms with Gasteiger partial charge in [-0.15, -0.1) is 0 Å². The predicted octanol–water partition coefficient (Wildman–Crippen LogP) is 5.15. The maximum absolute atomic E-state index is 12.0. The highest BCUT2D eigenvalue weighted by atomic mass is 32.2. The van der Waals surface area contributed by atoms with Crippen molar-refractivity contribution in [3.05, 3.63) is 121 Å². The van der Waals surface area contributed by atoms with Crippen molar-refractivity contribution in [1.82, 2.24) is 0 Å². The van der Waals surface area contributed by atoms with Crippen LogP contribution in [-0.4, -0.2) is 16.8 Å². The Kier molecular flexibility index (Phi) is 8.62. The van der Waals surface area contributed by atoms with Crippen molar-refractivity contribution in [2.75, 3.05) is 0 Å². The second kappa shape index (κ2) is 10.9. The average Bonchev–Trinajstić information content (AvgIpc) is 2.82. The summed E-state index contributed by atoms with van der Waals surface area (Å²) >= 11 is 0. The first kappa shape index (κ1) is 24.4. The zero-order valence-electron chi connectivity index (χ0n) is 16.5. The molecule has 0 aliphatic carbocycles. The minimum absolute atomic E-state index is 0. The summed E-state index contributed by atoms with van der Waals surface area (Å²) in [4.78, 5) is 1.32. The molecule has 0 saturated carbocycles. The first-order chi connectivity index (χ1) is 14.4. The van der Waals surface area contributed by atoms with E-state index < -0.39 is 19.7 Å². The first-order valence-electron chi connectivity index (χ1n) is 9.13. The van der Waals surface area contributed by atoms with Crippen LogP contribution in [0, 0.1) is 0 Å². The van der Waals surface area contributed by atoms with Gasteiger partial charge in [-0.1, -0.05) is 72.8 Å². The molecule has 0 spiro atoms. The van der Waals surface area contributed by atoms with Gasteiger partial charge in [0.15, 0.2) is 0 Å². The van der Waals surface area contributed by atoms with E-state index in [1.165, 1.54) is 0 Å². The highest BCUT2D eigenvalue weighted by molar-refractivity contribution is 7.91. The summed E-state index contributed by atoms with van der Waals surface area (Å²) in [6.07, 6.45) is 0. The number of rotatable bonds is 4. The van der Waals surface area contributed by atoms with E-state index in [0.29, 0.717) is 19.6 Å². The Morgan fingerprint density at radius 3 is 0.645 bits per heavy atom. The van der Waals surface area contributed by atoms with Crippen LogP contribution in [-0.2, 0) is 19.7 Å². The lowest BCUT2D eigenvalue weighted by atomic mass is 10.4. The lowest BCUT2D eigenvalue weighted by Crippen LogP contribution is -2.00. The standard InChI is InChI=1S/2C12H10O2S.H2S/c2*13-15(14,11-7-3-1-4-8-11)12-9-5-2-6-10-12;/h2*1-10H;1H2. The van der Waals surface area contributed by atoms with Crippen LogP contribution in [0.5, 0.6) is 0 Å². The minimum atomic E-state index is -3.34. The first-order valence-corrected chi connectivity index (χ1v) is 12.1. The summed E-state index contributed by atoms with van der Waals surface area (Å²) in [5, 5.41) is 0. The highest BCUT2D eigenvalue weighted by Crippen LogP contribution is 2.20. The van der Waals surface area contributed by atoms with Gasteiger partial charge in [-0.25, -0.2) is 16.8 Å². The van der Waals surface area contributed by atoms with Gasteiger partial charge in [0.05, 0.1) is 19.6 Å². The van der Waals surface area contributed by atoms with Crippen LogP contribution in [0.15, 0.2) is 141 Å². The Labute approximate surface area is 190 Å². The van der Waals surface area contributed by atoms with E-state index >= 15 is 0 Å². The van der Waals surface area contributed by atoms with Gasteiger partial charge in [0, 0.05) is 0 Å². The van der Waals surface area contributed by atoms with Gasteiger partial charge >= 0.3 is 0 Å². The van der Waals surface area contributed by atoms with Crippen molar-refractivity contribution in [1.29, 1.82) is 0 Å². The molecule has 4 rings (SSSR count). The second-order valence-corrected chi connectivity index (χ2v) is 10.2. The largest absolute Gasteiger partial charge is 0.219 e. The van der Waals surface area contributed by atoms with Crippen LogP contribution in [0.2, 0.25) is 0 Å². The summed E-state index contributed by atoms with van der Waals surface area (Å²) in [6, 6.07) is 33.7. The molecule has 0 aromatic heterocycles. The SMILES string of the molecule is O=S(=O)(c1ccccc1)c1ccccc1.O=S(=O)(c1ccccc1)c1ccccc1.S. The third-order valence-electron chi connectivity index (χ3n) is 4.21. The smallest absolute Gasteiger partial charge is 0.206 e. The van der Waals surface area contributed by atoms with Gasteiger partial charge < -0.3 is 0 Å². The Morgan fingerprint density at radius 2 is 0.484 bits per heavy atom. The molecule has 0 N–H and O–H groups in total. The van der Waals surface area contributed by atoms with Crippen LogP contribution in [0.4, 0.5) is 0 Å². The van der Waals surface area contributed by atoms with E-state index in [-0.39, 0.29) is 13.5 Å². The van der Waals surface area contributed by atoms with E-state index in [0.717, 1.165) is 0 Å². The van der Waals surface area contributed by atoms with Gasteiger partial charge in [-0.05, 0) is 48.5 Å². The fourth-order valence-corrected chi connectivity index (χ4v) is 5.28. The van der Waals surface area contributed by atoms with Gasteiger partial charge in [0.1, 0.15) is 0 Å². The lowest BCUT2D eigenvalue weighted by molar-refractivity contribution is 0.594. The molecule has 0 aliphatic rings. The molecule has 0 saturated heterocycles. The molecule has 7 heteroatoms. The molecule has 0 heterocycles. The zero-order valence-corrected chi connectivity index (χ0v) is 19.1. The fourth-order valence-electron chi connectivity index (χ4n) is 2.67. The molecule has 0 amide bonds. The number of hydrogen-bond acceptors (Lipinski definition) is 4. The molecule has 4 aromatic carbocycles. The van der Waals surface area contributed by atoms with Crippen LogP contribution in [0.3, 0.4) is 0 Å². The zero-order chi connectivity index (χ0) is 21.5. The van der Waals surface area contributed by atoms with Gasteiger partial charge in [-0.3, -0.25) is 0 Å². The predicted molar refractivity (Wildman–Crippen MR) is 127 cm³/mol. The van der Waals surface area contributed by atoms with Gasteiger partial charge in [0.25, 0.3) is 0 Å². The number of hydrogen-bond donors (Lipinski definition) is 0. The lowest BCUT2D eigenvalue weighted by Gasteiger charge is -2.03. The van der Waals surface area contributed by atoms with E-state index in [1.807, 2.05) is 0 Å². The van der Waals surface area contributed by atoms with Crippen LogP contribution >= 0.6 is 13.5 Å². The molecule has 160 valence electrons. The van der Waals surface area contributed by atoms with Gasteiger partial charge in [0.2, 0.25) is 19.7 Å². The molecule has 0 radical (unpaired) electrons. The van der Waals surface area contributed by atoms with E-state index in [1.54, 1.807) is 121 Å². The molecule has 31 heavy (non-hydrogen) atoms. The third kappa shape index (κ3) is 6.07. The van der Waals surface area contributed by atoms with Crippen molar-refractivity contribution in [3.8, 4) is 0 Å². The average molecular weight is 471 g/mol. The van der Waals surface area contributed by atoms with Gasteiger partial charge in [-0.2, -0.15) is 13.5 Å². The maximum atomic E-state index is 12.0. The summed E-state index contributed by atoms with van der Waals surface area (Å²) in [5.74, 6) is 0. The molecule has 4 nitrogen and oxygen atoms in total. The van der Waals surface area contributed by atoms with Crippen LogP contribution in [0.1, 0.15) is 0 Å². The van der Waals surface area contributed by atoms with Crippen molar-refractivity contribution >= 4 is 33.2 Å². The maximum Gasteiger partial charge on any atom is 0.206 e. The number of sulfone groups is 2. The van der Waals surface area contributed by atoms with E-state index in [9.17, 15) is 16.8 Å². The van der Waals surface area contributed by atoms with Crippen LogP contribution in [0.25, 0.3) is 0 Å². The molecule has 0 atom stereocenters. The molecule has 4 aromatic rings. The molecule has 0 fully saturated rings. The fraction of sp³-hybridized carbons (Fsp3) is 0. The van der Waals surface area contributed by atoms with Crippen LogP contribution < -0.4 is 0 Å². The number of benzene rings is 4. The van der Waals surface area contributed by atoms with Crippen molar-refractivity contribution < 1.29 is 16.8 Å². The Bertz CT molecular complexity index is 1080. The van der Waals surface area contributed by atoms with Crippen molar-refractivity contribution in [3.63, 3.8) is 0 Å². The molecule has 0 unspecified atom stereocenters. The quantitative estimate of drug-likeness (QED) is 0.414. The summed E-state index contributed by atoms with van der Waals surface area (Å²) < 4.78 is 48.1. The van der Waals surface area contributed by atoms with E-state index in [2.05, 4.69) is 0 Å². The summed E-state index contributed by atoms with van der Waals surface area (Å²) in [6.45, 7) is 0. The molecule has 0 aliphatic heterocycles. The molecular formula is C24H22O4S3. The Hall–Kier alpha value is -2.87. The normalized spacial score (nSPS) is 10.8. The molecular weight excluding hydrogens is 448 g/mol. The third-order valence-corrected chi connectivity index (χ3v) is 7.79. The summed E-state index contributed by atoms with van der Waals surface area (Å²) in [5.41, 5.74) is 0. The Morgan fingerprint density at radius 1 is 0.323 bits per heavy atom. The monoisotopic (exact) mass is 470 g/mol. The second-order valence-electron chi connectivity index (χ2n) is 6.26. The molecule has 0 bridgehead atoms. The van der Waals surface area contributed by atoms with Crippen molar-refractivity contribution in [2.24, 2.45) is 0 Å². The van der Waals surface area contributed by atoms with E-state index in [4.69, 9.17) is 0 Å². The van der Waals surface area contributed by atoms with Crippen molar-refractivity contribution in [2.45, 2.75) is 19.6 Å².